The van der Waals surface area contributed by atoms with E-state index in [9.17, 15) is 13.6 Å². The molecular formula is C14H12F2N2O2. The van der Waals surface area contributed by atoms with Gasteiger partial charge in [-0.2, -0.15) is 0 Å². The number of methoxy groups -OCH3 is 1. The van der Waals surface area contributed by atoms with Gasteiger partial charge in [0.25, 0.3) is 5.91 Å². The second-order valence-electron chi connectivity index (χ2n) is 4.04. The molecule has 104 valence electrons. The van der Waals surface area contributed by atoms with Gasteiger partial charge in [0, 0.05) is 5.69 Å². The van der Waals surface area contributed by atoms with Crippen LogP contribution in [-0.2, 0) is 0 Å². The lowest BCUT2D eigenvalue weighted by Crippen LogP contribution is -2.15. The average Bonchev–Trinajstić information content (AvgIpc) is 2.43. The average molecular weight is 278 g/mol. The molecule has 0 aliphatic heterocycles. The zero-order valence-electron chi connectivity index (χ0n) is 10.6. The molecule has 2 aromatic carbocycles. The molecule has 2 aromatic rings. The molecule has 0 saturated carbocycles. The van der Waals surface area contributed by atoms with E-state index in [1.54, 1.807) is 24.3 Å². The zero-order chi connectivity index (χ0) is 14.7. The number of benzene rings is 2. The van der Waals surface area contributed by atoms with E-state index in [0.29, 0.717) is 11.4 Å². The van der Waals surface area contributed by atoms with Crippen LogP contribution in [-0.4, -0.2) is 13.0 Å². The highest BCUT2D eigenvalue weighted by atomic mass is 19.1. The number of carbonyl (C=O) groups excluding carboxylic acids is 1. The molecule has 6 heteroatoms. The number of carbonyl (C=O) groups is 1. The van der Waals surface area contributed by atoms with Crippen LogP contribution >= 0.6 is 0 Å². The molecule has 4 nitrogen and oxygen atoms in total. The molecule has 0 spiro atoms. The molecule has 3 N–H and O–H groups in total. The summed E-state index contributed by atoms with van der Waals surface area (Å²) < 4.78 is 31.8. The van der Waals surface area contributed by atoms with E-state index in [-0.39, 0.29) is 0 Å². The summed E-state index contributed by atoms with van der Waals surface area (Å²) in [6.45, 7) is 0. The summed E-state index contributed by atoms with van der Waals surface area (Å²) in [6, 6.07) is 8.04. The van der Waals surface area contributed by atoms with Crippen molar-refractivity contribution in [2.45, 2.75) is 0 Å². The van der Waals surface area contributed by atoms with Crippen LogP contribution in [0.3, 0.4) is 0 Å². The number of anilines is 2. The third-order valence-corrected chi connectivity index (χ3v) is 2.66. The van der Waals surface area contributed by atoms with Crippen molar-refractivity contribution in [3.63, 3.8) is 0 Å². The van der Waals surface area contributed by atoms with Gasteiger partial charge in [-0.1, -0.05) is 0 Å². The number of hydrogen-bond donors (Lipinski definition) is 2. The first kappa shape index (κ1) is 13.8. The third-order valence-electron chi connectivity index (χ3n) is 2.66. The van der Waals surface area contributed by atoms with Crippen LogP contribution in [0.4, 0.5) is 20.2 Å². The number of nitrogens with two attached hydrogens (primary N) is 1. The van der Waals surface area contributed by atoms with Crippen molar-refractivity contribution in [3.8, 4) is 5.75 Å². The Bertz CT molecular complexity index is 642. The first-order valence-corrected chi connectivity index (χ1v) is 5.71. The maximum Gasteiger partial charge on any atom is 0.258 e. The molecule has 2 rings (SSSR count). The molecule has 0 aliphatic carbocycles. The predicted molar refractivity (Wildman–Crippen MR) is 71.7 cm³/mol. The smallest absolute Gasteiger partial charge is 0.258 e. The topological polar surface area (TPSA) is 64.3 Å². The van der Waals surface area contributed by atoms with Crippen molar-refractivity contribution in [1.82, 2.24) is 0 Å². The second-order valence-corrected chi connectivity index (χ2v) is 4.04. The molecule has 0 radical (unpaired) electrons. The van der Waals surface area contributed by atoms with Crippen molar-refractivity contribution in [2.24, 2.45) is 0 Å². The number of halogens is 2. The summed E-state index contributed by atoms with van der Waals surface area (Å²) >= 11 is 0. The highest BCUT2D eigenvalue weighted by Gasteiger charge is 2.16. The maximum absolute atomic E-state index is 13.7. The second kappa shape index (κ2) is 5.56. The minimum absolute atomic E-state index is 0.412. The van der Waals surface area contributed by atoms with E-state index in [4.69, 9.17) is 10.5 Å². The first-order valence-electron chi connectivity index (χ1n) is 5.71. The Labute approximate surface area is 114 Å². The van der Waals surface area contributed by atoms with E-state index in [2.05, 4.69) is 5.32 Å². The van der Waals surface area contributed by atoms with E-state index in [1.165, 1.54) is 7.11 Å². The van der Waals surface area contributed by atoms with Crippen LogP contribution in [0.2, 0.25) is 0 Å². The Morgan fingerprint density at radius 3 is 2.45 bits per heavy atom. The number of hydrogen-bond acceptors (Lipinski definition) is 3. The molecule has 0 heterocycles. The molecule has 0 unspecified atom stereocenters. The Hall–Kier alpha value is -2.63. The number of nitrogen functional groups attached to an aromatic ring is 1. The van der Waals surface area contributed by atoms with E-state index in [0.717, 1.165) is 12.1 Å². The fraction of sp³-hybridized carbons (Fsp3) is 0.0714. The van der Waals surface area contributed by atoms with Crippen LogP contribution < -0.4 is 15.8 Å². The Kier molecular flexibility index (Phi) is 3.84. The number of amides is 1. The molecule has 1 amide bonds. The standard InChI is InChI=1S/C14H12F2N2O2/c1-20-10-4-2-9(3-5-10)18-14(19)11-6-8(15)7-12(17)13(11)16/h2-7H,17H2,1H3,(H,18,19). The van der Waals surface area contributed by atoms with Gasteiger partial charge >= 0.3 is 0 Å². The van der Waals surface area contributed by atoms with Gasteiger partial charge in [0.1, 0.15) is 11.6 Å². The van der Waals surface area contributed by atoms with Gasteiger partial charge < -0.3 is 15.8 Å². The molecule has 0 aromatic heterocycles. The number of nitrogens with one attached hydrogen (secondary N) is 1. The normalized spacial score (nSPS) is 10.2. The Morgan fingerprint density at radius 2 is 1.85 bits per heavy atom. The van der Waals surface area contributed by atoms with Crippen molar-refractivity contribution in [1.29, 1.82) is 0 Å². The predicted octanol–water partition coefficient (Wildman–Crippen LogP) is 2.81. The van der Waals surface area contributed by atoms with Crippen molar-refractivity contribution >= 4 is 17.3 Å². The quantitative estimate of drug-likeness (QED) is 0.848. The zero-order valence-corrected chi connectivity index (χ0v) is 10.6. The molecule has 0 atom stereocenters. The van der Waals surface area contributed by atoms with Crippen molar-refractivity contribution < 1.29 is 18.3 Å². The van der Waals surface area contributed by atoms with Crippen LogP contribution in [0.25, 0.3) is 0 Å². The fourth-order valence-corrected chi connectivity index (χ4v) is 1.65. The summed E-state index contributed by atoms with van der Waals surface area (Å²) in [5.74, 6) is -1.88. The highest BCUT2D eigenvalue weighted by molar-refractivity contribution is 6.05. The molecule has 0 aliphatic rings. The molecule has 0 saturated heterocycles. The summed E-state index contributed by atoms with van der Waals surface area (Å²) in [7, 11) is 1.51. The van der Waals surface area contributed by atoms with E-state index in [1.807, 2.05) is 0 Å². The largest absolute Gasteiger partial charge is 0.497 e. The minimum atomic E-state index is -0.947. The summed E-state index contributed by atoms with van der Waals surface area (Å²) in [5.41, 5.74) is 4.85. The number of ether oxygens (including phenoxy) is 1. The van der Waals surface area contributed by atoms with Gasteiger partial charge in [0.15, 0.2) is 5.82 Å². The molecule has 0 fully saturated rings. The van der Waals surface area contributed by atoms with E-state index < -0.39 is 28.8 Å². The highest BCUT2D eigenvalue weighted by Crippen LogP contribution is 2.20. The summed E-state index contributed by atoms with van der Waals surface area (Å²) in [5, 5.41) is 2.45. The van der Waals surface area contributed by atoms with Crippen LogP contribution in [0.15, 0.2) is 36.4 Å². The summed E-state index contributed by atoms with van der Waals surface area (Å²) in [6.07, 6.45) is 0. The van der Waals surface area contributed by atoms with Crippen molar-refractivity contribution in [2.75, 3.05) is 18.2 Å². The Balaban J connectivity index is 2.23. The summed E-state index contributed by atoms with van der Waals surface area (Å²) in [4.78, 5) is 11.9. The monoisotopic (exact) mass is 278 g/mol. The van der Waals surface area contributed by atoms with Crippen molar-refractivity contribution in [3.05, 3.63) is 53.6 Å². The van der Waals surface area contributed by atoms with Gasteiger partial charge in [-0.25, -0.2) is 8.78 Å². The molecular weight excluding hydrogens is 266 g/mol. The van der Waals surface area contributed by atoms with Crippen LogP contribution in [0.5, 0.6) is 5.75 Å². The Morgan fingerprint density at radius 1 is 1.20 bits per heavy atom. The van der Waals surface area contributed by atoms with Gasteiger partial charge in [-0.05, 0) is 36.4 Å². The van der Waals surface area contributed by atoms with Gasteiger partial charge in [-0.15, -0.1) is 0 Å². The fourth-order valence-electron chi connectivity index (χ4n) is 1.65. The first-order chi connectivity index (χ1) is 9.51. The van der Waals surface area contributed by atoms with Gasteiger partial charge in [0.05, 0.1) is 18.4 Å². The lowest BCUT2D eigenvalue weighted by Gasteiger charge is -2.08. The number of rotatable bonds is 3. The molecule has 20 heavy (non-hydrogen) atoms. The maximum atomic E-state index is 13.7. The lowest BCUT2D eigenvalue weighted by molar-refractivity contribution is 0.102. The van der Waals surface area contributed by atoms with Gasteiger partial charge in [0.2, 0.25) is 0 Å². The van der Waals surface area contributed by atoms with Crippen LogP contribution in [0.1, 0.15) is 10.4 Å². The van der Waals surface area contributed by atoms with E-state index >= 15 is 0 Å². The van der Waals surface area contributed by atoms with Gasteiger partial charge in [-0.3, -0.25) is 4.79 Å². The SMILES string of the molecule is COc1ccc(NC(=O)c2cc(F)cc(N)c2F)cc1. The molecule has 0 bridgehead atoms. The third kappa shape index (κ3) is 2.85. The van der Waals surface area contributed by atoms with Crippen LogP contribution in [0, 0.1) is 11.6 Å². The minimum Gasteiger partial charge on any atom is -0.497 e. The lowest BCUT2D eigenvalue weighted by atomic mass is 10.1.